The summed E-state index contributed by atoms with van der Waals surface area (Å²) < 4.78 is 7.63. The van der Waals surface area contributed by atoms with Crippen molar-refractivity contribution in [2.75, 3.05) is 12.5 Å². The number of benzene rings is 2. The van der Waals surface area contributed by atoms with Gasteiger partial charge in [-0.05, 0) is 80.4 Å². The Morgan fingerprint density at radius 2 is 2.03 bits per heavy atom. The van der Waals surface area contributed by atoms with Crippen LogP contribution in [0.15, 0.2) is 42.0 Å². The number of rotatable bonds is 7. The predicted molar refractivity (Wildman–Crippen MR) is 138 cm³/mol. The molecule has 2 aromatic rings. The summed E-state index contributed by atoms with van der Waals surface area (Å²) in [6.07, 6.45) is 2.34. The maximum atomic E-state index is 13.3. The molecule has 9 heteroatoms. The van der Waals surface area contributed by atoms with Gasteiger partial charge in [-0.25, -0.2) is 4.79 Å². The predicted octanol–water partition coefficient (Wildman–Crippen LogP) is 4.85. The number of halogens is 3. The normalized spacial score (nSPS) is 15.6. The molecule has 0 spiro atoms. The molecule has 1 atom stereocenters. The molecule has 0 fully saturated rings. The quantitative estimate of drug-likeness (QED) is 0.149. The van der Waals surface area contributed by atoms with Crippen LogP contribution in [0.25, 0.3) is 6.08 Å². The Balaban J connectivity index is 1.98. The number of aliphatic carboxylic acids is 1. The van der Waals surface area contributed by atoms with Crippen LogP contribution in [-0.4, -0.2) is 40.4 Å². The van der Waals surface area contributed by atoms with Gasteiger partial charge >= 0.3 is 5.97 Å². The molecule has 32 heavy (non-hydrogen) atoms. The molecule has 1 amide bonds. The number of carbonyl (C=O) groups is 2. The number of carboxylic acid groups (broad SMARTS) is 1. The molecule has 1 aliphatic rings. The van der Waals surface area contributed by atoms with Gasteiger partial charge in [0.1, 0.15) is 23.4 Å². The number of nitrogens with zero attached hydrogens (tertiary/aromatic N) is 2. The molecule has 166 valence electrons. The van der Waals surface area contributed by atoms with Crippen molar-refractivity contribution in [3.63, 3.8) is 0 Å². The average molecular weight is 677 g/mol. The van der Waals surface area contributed by atoms with E-state index in [-0.39, 0.29) is 18.5 Å². The number of carboxylic acids is 1. The van der Waals surface area contributed by atoms with Gasteiger partial charge < -0.3 is 14.7 Å². The summed E-state index contributed by atoms with van der Waals surface area (Å²) in [5.74, 6) is -0.510. The molecule has 0 saturated carbocycles. The van der Waals surface area contributed by atoms with E-state index in [1.165, 1.54) is 11.0 Å². The van der Waals surface area contributed by atoms with E-state index in [2.05, 4.69) is 45.2 Å². The topological polar surface area (TPSA) is 90.6 Å². The Labute approximate surface area is 218 Å². The van der Waals surface area contributed by atoms with Crippen molar-refractivity contribution in [1.82, 2.24) is 4.90 Å². The Bertz CT molecular complexity index is 1100. The highest BCUT2D eigenvalue weighted by Crippen LogP contribution is 2.37. The molecular weight excluding hydrogens is 658 g/mol. The number of alkyl halides is 1. The number of carbonyl (C=O) groups excluding carboxylic acids is 1. The molecule has 0 aliphatic carbocycles. The Morgan fingerprint density at radius 3 is 2.66 bits per heavy atom. The van der Waals surface area contributed by atoms with Gasteiger partial charge in [-0.3, -0.25) is 4.79 Å². The first-order valence-electron chi connectivity index (χ1n) is 9.76. The maximum Gasteiger partial charge on any atom is 0.326 e. The van der Waals surface area contributed by atoms with Crippen LogP contribution in [0, 0.1) is 18.5 Å². The van der Waals surface area contributed by atoms with E-state index in [0.29, 0.717) is 30.2 Å². The third-order valence-corrected chi connectivity index (χ3v) is 7.23. The first kappa shape index (κ1) is 24.8. The van der Waals surface area contributed by atoms with Crippen molar-refractivity contribution in [3.8, 4) is 11.8 Å². The van der Waals surface area contributed by atoms with Gasteiger partial charge in [0.15, 0.2) is 0 Å². The van der Waals surface area contributed by atoms with E-state index in [1.54, 1.807) is 24.3 Å². The number of fused-ring (bicyclic) bond motifs is 1. The second-order valence-corrected chi connectivity index (χ2v) is 9.72. The minimum absolute atomic E-state index is 0.0833. The maximum absolute atomic E-state index is 13.3. The van der Waals surface area contributed by atoms with Crippen LogP contribution in [0.3, 0.4) is 0 Å². The van der Waals surface area contributed by atoms with E-state index in [9.17, 15) is 20.0 Å². The third-order valence-electron chi connectivity index (χ3n) is 5.02. The molecule has 1 aliphatic heterocycles. The molecule has 6 nitrogen and oxygen atoms in total. The zero-order chi connectivity index (χ0) is 23.3. The number of nitriles is 1. The van der Waals surface area contributed by atoms with Crippen molar-refractivity contribution >= 4 is 74.7 Å². The zero-order valence-corrected chi connectivity index (χ0v) is 21.9. The van der Waals surface area contributed by atoms with Crippen molar-refractivity contribution in [3.05, 3.63) is 65.8 Å². The molecule has 0 bridgehead atoms. The smallest absolute Gasteiger partial charge is 0.326 e. The first-order valence-corrected chi connectivity index (χ1v) is 12.5. The largest absolute Gasteiger partial charge is 0.491 e. The summed E-state index contributed by atoms with van der Waals surface area (Å²) in [5, 5.41) is 19.4. The van der Waals surface area contributed by atoms with Gasteiger partial charge in [-0.2, -0.15) is 5.26 Å². The van der Waals surface area contributed by atoms with Crippen LogP contribution < -0.4 is 4.74 Å². The highest BCUT2D eigenvalue weighted by atomic mass is 127. The lowest BCUT2D eigenvalue weighted by atomic mass is 9.93. The van der Waals surface area contributed by atoms with Crippen LogP contribution in [-0.2, 0) is 22.6 Å². The number of ether oxygens (including phenoxy) is 1. The fourth-order valence-corrected chi connectivity index (χ4v) is 5.84. The third kappa shape index (κ3) is 5.55. The molecule has 0 aromatic heterocycles. The molecule has 3 rings (SSSR count). The fraction of sp³-hybridized carbons (Fsp3) is 0.261. The van der Waals surface area contributed by atoms with Crippen molar-refractivity contribution in [1.29, 1.82) is 5.26 Å². The number of amides is 1. The monoisotopic (exact) mass is 676 g/mol. The van der Waals surface area contributed by atoms with Gasteiger partial charge in [0.25, 0.3) is 5.91 Å². The van der Waals surface area contributed by atoms with E-state index in [0.717, 1.165) is 18.3 Å². The van der Waals surface area contributed by atoms with E-state index >= 15 is 0 Å². The second-order valence-electron chi connectivity index (χ2n) is 7.10. The summed E-state index contributed by atoms with van der Waals surface area (Å²) in [6.45, 7) is 0.549. The van der Waals surface area contributed by atoms with Gasteiger partial charge in [0.2, 0.25) is 0 Å². The number of hydrogen-bond acceptors (Lipinski definition) is 4. The van der Waals surface area contributed by atoms with Crippen molar-refractivity contribution in [2.24, 2.45) is 0 Å². The van der Waals surface area contributed by atoms with Crippen LogP contribution >= 0.6 is 56.8 Å². The summed E-state index contributed by atoms with van der Waals surface area (Å²) in [6, 6.07) is 11.8. The van der Waals surface area contributed by atoms with Crippen LogP contribution in [0.1, 0.15) is 23.1 Å². The summed E-state index contributed by atoms with van der Waals surface area (Å²) in [4.78, 5) is 26.5. The SMILES string of the molecule is N#C/C(=C/c1ccccc1)C(=O)N1Cc2c(cc(I)c(OCCCCl)c2I)C[C@H]1C(=O)O. The lowest BCUT2D eigenvalue weighted by Gasteiger charge is -2.35. The van der Waals surface area contributed by atoms with E-state index < -0.39 is 17.9 Å². The van der Waals surface area contributed by atoms with Crippen LogP contribution in [0.5, 0.6) is 5.75 Å². The van der Waals surface area contributed by atoms with Crippen molar-refractivity contribution in [2.45, 2.75) is 25.4 Å². The minimum atomic E-state index is -1.10. The average Bonchev–Trinajstić information content (AvgIpc) is 2.79. The Morgan fingerprint density at radius 1 is 1.31 bits per heavy atom. The van der Waals surface area contributed by atoms with Crippen LogP contribution in [0.2, 0.25) is 0 Å². The van der Waals surface area contributed by atoms with Crippen LogP contribution in [0.4, 0.5) is 0 Å². The molecule has 1 N–H and O–H groups in total. The van der Waals surface area contributed by atoms with Gasteiger partial charge in [-0.1, -0.05) is 30.3 Å². The van der Waals surface area contributed by atoms with E-state index in [4.69, 9.17) is 16.3 Å². The fourth-order valence-electron chi connectivity index (χ4n) is 3.45. The zero-order valence-electron chi connectivity index (χ0n) is 16.9. The molecule has 0 radical (unpaired) electrons. The van der Waals surface area contributed by atoms with Crippen molar-refractivity contribution < 1.29 is 19.4 Å². The summed E-state index contributed by atoms with van der Waals surface area (Å²) in [7, 11) is 0. The molecule has 1 heterocycles. The Kier molecular flexibility index (Phi) is 8.79. The molecule has 0 unspecified atom stereocenters. The van der Waals surface area contributed by atoms with E-state index in [1.807, 2.05) is 18.2 Å². The lowest BCUT2D eigenvalue weighted by molar-refractivity contribution is -0.149. The number of hydrogen-bond donors (Lipinski definition) is 1. The second kappa shape index (κ2) is 11.3. The minimum Gasteiger partial charge on any atom is -0.491 e. The van der Waals surface area contributed by atoms with Gasteiger partial charge in [-0.15, -0.1) is 11.6 Å². The Hall–Kier alpha value is -1.84. The van der Waals surface area contributed by atoms with Gasteiger partial charge in [0, 0.05) is 18.8 Å². The highest BCUT2D eigenvalue weighted by Gasteiger charge is 2.37. The first-order chi connectivity index (χ1) is 15.4. The molecule has 0 saturated heterocycles. The standard InChI is InChI=1S/C23H19ClI2N2O4/c24-7-4-8-32-21-18(25)10-15-11-19(23(30)31)28(13-17(15)20(21)26)22(29)16(12-27)9-14-5-2-1-3-6-14/h1-3,5-6,9-10,19H,4,7-8,11,13H2,(H,30,31)/b16-9-/t19-/m0/s1. The highest BCUT2D eigenvalue weighted by molar-refractivity contribution is 14.1. The lowest BCUT2D eigenvalue weighted by Crippen LogP contribution is -2.49. The molecule has 2 aromatic carbocycles. The summed E-state index contributed by atoms with van der Waals surface area (Å²) in [5.41, 5.74) is 2.30. The summed E-state index contributed by atoms with van der Waals surface area (Å²) >= 11 is 10.1. The van der Waals surface area contributed by atoms with Gasteiger partial charge in [0.05, 0.1) is 13.7 Å². The molecular formula is C23H19ClI2N2O4.